The number of carboxylic acid groups (broad SMARTS) is 1. The fourth-order valence-corrected chi connectivity index (χ4v) is 7.61. The lowest BCUT2D eigenvalue weighted by atomic mass is 9.81. The molecule has 3 aromatic rings. The summed E-state index contributed by atoms with van der Waals surface area (Å²) in [5, 5.41) is 11.1. The molecule has 1 aromatic heterocycles. The Morgan fingerprint density at radius 3 is 2.54 bits per heavy atom. The van der Waals surface area contributed by atoms with Gasteiger partial charge in [0.1, 0.15) is 0 Å². The van der Waals surface area contributed by atoms with Crippen LogP contribution >= 0.6 is 0 Å². The van der Waals surface area contributed by atoms with Crippen molar-refractivity contribution in [2.75, 3.05) is 37.6 Å². The summed E-state index contributed by atoms with van der Waals surface area (Å²) >= 11 is 0. The van der Waals surface area contributed by atoms with Gasteiger partial charge < -0.3 is 19.5 Å². The number of nitrogens with zero attached hydrogens (tertiary/aromatic N) is 3. The van der Waals surface area contributed by atoms with Crippen LogP contribution in [0.5, 0.6) is 0 Å². The van der Waals surface area contributed by atoms with Crippen LogP contribution in [0.15, 0.2) is 36.4 Å². The third-order valence-electron chi connectivity index (χ3n) is 9.88. The molecule has 5 heteroatoms. The van der Waals surface area contributed by atoms with Crippen LogP contribution in [-0.2, 0) is 6.54 Å². The molecule has 1 aliphatic carbocycles. The van der Waals surface area contributed by atoms with Gasteiger partial charge in [0, 0.05) is 54.9 Å². The van der Waals surface area contributed by atoms with Crippen molar-refractivity contribution in [2.24, 2.45) is 11.8 Å². The number of benzene rings is 2. The lowest BCUT2D eigenvalue weighted by Gasteiger charge is -2.36. The van der Waals surface area contributed by atoms with Crippen molar-refractivity contribution in [3.05, 3.63) is 53.1 Å². The van der Waals surface area contributed by atoms with Gasteiger partial charge in [-0.1, -0.05) is 51.3 Å². The molecular weight excluding hydrogens is 482 g/mol. The Labute approximate surface area is 233 Å². The monoisotopic (exact) mass is 527 g/mol. The number of hydrogen-bond acceptors (Lipinski definition) is 3. The molecule has 2 aromatic carbocycles. The standard InChI is InChI=1S/C34H45N3O2/c1-23(2)27-10-7-15-35(22-27)16-17-36-18-19-37-31-21-26(34(38)39)12-14-28(31)32(25-8-5-4-6-9-25)33(37)29-13-11-24(3)20-30(29)36/h11-14,20-21,23,25,27H,4-10,15-19,22H2,1-3H3,(H,38,39). The van der Waals surface area contributed by atoms with Gasteiger partial charge in [-0.25, -0.2) is 4.79 Å². The molecule has 3 heterocycles. The zero-order valence-electron chi connectivity index (χ0n) is 24.1. The molecule has 2 aliphatic heterocycles. The Balaban J connectivity index is 1.41. The van der Waals surface area contributed by atoms with E-state index in [0.29, 0.717) is 11.5 Å². The van der Waals surface area contributed by atoms with E-state index in [4.69, 9.17) is 0 Å². The number of carboxylic acids is 1. The van der Waals surface area contributed by atoms with Crippen LogP contribution in [-0.4, -0.2) is 53.3 Å². The summed E-state index contributed by atoms with van der Waals surface area (Å²) in [6.45, 7) is 13.3. The van der Waals surface area contributed by atoms with Crippen LogP contribution in [0, 0.1) is 18.8 Å². The van der Waals surface area contributed by atoms with E-state index in [9.17, 15) is 9.90 Å². The van der Waals surface area contributed by atoms with Crippen LogP contribution in [0.25, 0.3) is 22.2 Å². The molecule has 1 saturated carbocycles. The van der Waals surface area contributed by atoms with Crippen LogP contribution in [0.4, 0.5) is 5.69 Å². The van der Waals surface area contributed by atoms with E-state index in [0.717, 1.165) is 43.5 Å². The lowest BCUT2D eigenvalue weighted by molar-refractivity contribution is 0.0697. The van der Waals surface area contributed by atoms with Crippen molar-refractivity contribution in [3.63, 3.8) is 0 Å². The second kappa shape index (κ2) is 11.0. The Morgan fingerprint density at radius 2 is 1.77 bits per heavy atom. The van der Waals surface area contributed by atoms with Gasteiger partial charge in [0.2, 0.25) is 0 Å². The summed E-state index contributed by atoms with van der Waals surface area (Å²) < 4.78 is 2.47. The second-order valence-corrected chi connectivity index (χ2v) is 12.7. The molecule has 1 atom stereocenters. The smallest absolute Gasteiger partial charge is 0.335 e. The molecule has 2 fully saturated rings. The third-order valence-corrected chi connectivity index (χ3v) is 9.88. The van der Waals surface area contributed by atoms with E-state index < -0.39 is 5.97 Å². The van der Waals surface area contributed by atoms with Gasteiger partial charge in [0.05, 0.1) is 11.3 Å². The SMILES string of the molecule is Cc1ccc2c(c1)N(CCN1CCCC(C(C)C)C1)CCn1c-2c(C2CCCCC2)c2ccc(C(=O)O)cc21. The van der Waals surface area contributed by atoms with E-state index in [1.807, 2.05) is 12.1 Å². The summed E-state index contributed by atoms with van der Waals surface area (Å²) in [5.41, 5.74) is 8.25. The number of likely N-dealkylation sites (tertiary alicyclic amines) is 1. The first kappa shape index (κ1) is 26.4. The zero-order chi connectivity index (χ0) is 27.1. The van der Waals surface area contributed by atoms with E-state index in [-0.39, 0.29) is 0 Å². The molecule has 3 aliphatic rings. The molecule has 0 radical (unpaired) electrons. The Bertz CT molecular complexity index is 1350. The van der Waals surface area contributed by atoms with E-state index in [2.05, 4.69) is 59.4 Å². The van der Waals surface area contributed by atoms with Crippen molar-refractivity contribution in [3.8, 4) is 11.3 Å². The fraction of sp³-hybridized carbons (Fsp3) is 0.559. The van der Waals surface area contributed by atoms with Crippen molar-refractivity contribution < 1.29 is 9.90 Å². The molecule has 5 nitrogen and oxygen atoms in total. The molecule has 6 rings (SSSR count). The highest BCUT2D eigenvalue weighted by Gasteiger charge is 2.31. The van der Waals surface area contributed by atoms with E-state index >= 15 is 0 Å². The molecule has 1 saturated heterocycles. The number of aromatic nitrogens is 1. The number of hydrogen-bond donors (Lipinski definition) is 1. The predicted molar refractivity (Wildman–Crippen MR) is 161 cm³/mol. The Hall–Kier alpha value is -2.79. The van der Waals surface area contributed by atoms with Crippen molar-refractivity contribution >= 4 is 22.6 Å². The minimum atomic E-state index is -0.848. The highest BCUT2D eigenvalue weighted by molar-refractivity contribution is 5.99. The zero-order valence-corrected chi connectivity index (χ0v) is 24.1. The maximum Gasteiger partial charge on any atom is 0.335 e. The number of piperidine rings is 1. The van der Waals surface area contributed by atoms with Crippen LogP contribution in [0.2, 0.25) is 0 Å². The first-order valence-corrected chi connectivity index (χ1v) is 15.4. The first-order chi connectivity index (χ1) is 18.9. The van der Waals surface area contributed by atoms with E-state index in [1.165, 1.54) is 91.5 Å². The molecule has 1 unspecified atom stereocenters. The van der Waals surface area contributed by atoms with Gasteiger partial charge in [0.25, 0.3) is 0 Å². The molecule has 0 bridgehead atoms. The highest BCUT2D eigenvalue weighted by Crippen LogP contribution is 2.47. The van der Waals surface area contributed by atoms with Crippen LogP contribution < -0.4 is 4.90 Å². The highest BCUT2D eigenvalue weighted by atomic mass is 16.4. The minimum Gasteiger partial charge on any atom is -0.478 e. The maximum absolute atomic E-state index is 12.0. The van der Waals surface area contributed by atoms with Crippen LogP contribution in [0.3, 0.4) is 0 Å². The molecular formula is C34H45N3O2. The number of rotatable bonds is 6. The van der Waals surface area contributed by atoms with Crippen molar-refractivity contribution in [1.82, 2.24) is 9.47 Å². The number of aryl methyl sites for hydroxylation is 1. The van der Waals surface area contributed by atoms with E-state index in [1.54, 1.807) is 0 Å². The third kappa shape index (κ3) is 5.11. The van der Waals surface area contributed by atoms with Gasteiger partial charge in [-0.3, -0.25) is 0 Å². The van der Waals surface area contributed by atoms with Crippen molar-refractivity contribution in [2.45, 2.75) is 78.2 Å². The molecule has 1 N–H and O–H groups in total. The van der Waals surface area contributed by atoms with Gasteiger partial charge in [-0.05, 0) is 86.2 Å². The number of anilines is 1. The quantitative estimate of drug-likeness (QED) is 0.360. The van der Waals surface area contributed by atoms with Gasteiger partial charge in [-0.15, -0.1) is 0 Å². The average molecular weight is 528 g/mol. The van der Waals surface area contributed by atoms with Crippen molar-refractivity contribution in [1.29, 1.82) is 0 Å². The average Bonchev–Trinajstić information content (AvgIpc) is 3.18. The van der Waals surface area contributed by atoms with Crippen LogP contribution in [0.1, 0.15) is 86.2 Å². The van der Waals surface area contributed by atoms with Gasteiger partial charge >= 0.3 is 5.97 Å². The molecule has 39 heavy (non-hydrogen) atoms. The summed E-state index contributed by atoms with van der Waals surface area (Å²) in [5.74, 6) is 1.25. The summed E-state index contributed by atoms with van der Waals surface area (Å²) in [4.78, 5) is 17.3. The largest absolute Gasteiger partial charge is 0.478 e. The Morgan fingerprint density at radius 1 is 0.949 bits per heavy atom. The topological polar surface area (TPSA) is 48.7 Å². The lowest BCUT2D eigenvalue weighted by Crippen LogP contribution is -2.42. The maximum atomic E-state index is 12.0. The predicted octanol–water partition coefficient (Wildman–Crippen LogP) is 7.55. The fourth-order valence-electron chi connectivity index (χ4n) is 7.61. The molecule has 208 valence electrons. The summed E-state index contributed by atoms with van der Waals surface area (Å²) in [7, 11) is 0. The number of fused-ring (bicyclic) bond motifs is 5. The summed E-state index contributed by atoms with van der Waals surface area (Å²) in [6.07, 6.45) is 9.02. The van der Waals surface area contributed by atoms with Gasteiger partial charge in [0.15, 0.2) is 0 Å². The first-order valence-electron chi connectivity index (χ1n) is 15.4. The molecule has 0 spiro atoms. The summed E-state index contributed by atoms with van der Waals surface area (Å²) in [6, 6.07) is 12.8. The number of aromatic carboxylic acids is 1. The normalized spacial score (nSPS) is 20.7. The number of carbonyl (C=O) groups is 1. The molecule has 0 amide bonds. The second-order valence-electron chi connectivity index (χ2n) is 12.7. The Kier molecular flexibility index (Phi) is 7.45. The van der Waals surface area contributed by atoms with Gasteiger partial charge in [-0.2, -0.15) is 0 Å². The minimum absolute atomic E-state index is 0.382.